The molecule has 0 radical (unpaired) electrons. The lowest BCUT2D eigenvalue weighted by atomic mass is 10.1. The largest absolute Gasteiger partial charge is 0.0654 e. The fraction of sp³-hybridized carbons (Fsp3) is 0.520. The van der Waals surface area contributed by atoms with E-state index in [0.717, 1.165) is 0 Å². The van der Waals surface area contributed by atoms with Crippen LogP contribution in [-0.4, -0.2) is 0 Å². The van der Waals surface area contributed by atoms with Crippen LogP contribution in [-0.2, 0) is 12.8 Å². The van der Waals surface area contributed by atoms with Crippen LogP contribution in [0.4, 0.5) is 0 Å². The molecule has 0 aromatic heterocycles. The Labute approximate surface area is 156 Å². The molecule has 2 aromatic carbocycles. The molecule has 0 atom stereocenters. The van der Waals surface area contributed by atoms with E-state index in [1.54, 1.807) is 0 Å². The predicted molar refractivity (Wildman–Crippen MR) is 113 cm³/mol. The molecule has 138 valence electrons. The molecule has 0 aliphatic heterocycles. The standard InChI is InChI=1S/C13H20.C12H18/c1-3-4-5-6-7-13-10-8-12(2)9-11-13;1-2-3-4-6-9-12-10-7-5-8-11-12/h8-11H,3-7H2,1-2H3;5,7-8,10-11H,2-4,6,9H2,1H3. The molecule has 2 rings (SSSR count). The summed E-state index contributed by atoms with van der Waals surface area (Å²) in [4.78, 5) is 0. The molecule has 0 amide bonds. The molecule has 0 N–H and O–H groups in total. The Bertz CT molecular complexity index is 509. The SMILES string of the molecule is CCCCCCc1ccc(C)cc1.CCCCCCc1ccccc1. The molecular weight excluding hydrogens is 300 g/mol. The van der Waals surface area contributed by atoms with Crippen molar-refractivity contribution >= 4 is 0 Å². The summed E-state index contributed by atoms with van der Waals surface area (Å²) >= 11 is 0. The van der Waals surface area contributed by atoms with Gasteiger partial charge >= 0.3 is 0 Å². The summed E-state index contributed by atoms with van der Waals surface area (Å²) in [5.41, 5.74) is 4.33. The Balaban J connectivity index is 0.000000251. The molecule has 0 heterocycles. The Morgan fingerprint density at radius 2 is 1.00 bits per heavy atom. The predicted octanol–water partition coefficient (Wildman–Crippen LogP) is 7.93. The number of hydrogen-bond donors (Lipinski definition) is 0. The monoisotopic (exact) mass is 338 g/mol. The van der Waals surface area contributed by atoms with Gasteiger partial charge in [-0.2, -0.15) is 0 Å². The van der Waals surface area contributed by atoms with Gasteiger partial charge < -0.3 is 0 Å². The second kappa shape index (κ2) is 14.8. The van der Waals surface area contributed by atoms with E-state index in [1.165, 1.54) is 80.9 Å². The highest BCUT2D eigenvalue weighted by Crippen LogP contribution is 2.09. The van der Waals surface area contributed by atoms with E-state index in [0.29, 0.717) is 0 Å². The molecule has 0 saturated carbocycles. The molecule has 0 saturated heterocycles. The van der Waals surface area contributed by atoms with Crippen LogP contribution < -0.4 is 0 Å². The zero-order valence-corrected chi connectivity index (χ0v) is 16.8. The summed E-state index contributed by atoms with van der Waals surface area (Å²) in [6.45, 7) is 6.65. The molecule has 0 spiro atoms. The highest BCUT2D eigenvalue weighted by Gasteiger charge is 1.92. The van der Waals surface area contributed by atoms with Crippen molar-refractivity contribution in [3.8, 4) is 0 Å². The number of rotatable bonds is 10. The van der Waals surface area contributed by atoms with Crippen LogP contribution in [0.2, 0.25) is 0 Å². The van der Waals surface area contributed by atoms with Gasteiger partial charge in [0.1, 0.15) is 0 Å². The lowest BCUT2D eigenvalue weighted by Gasteiger charge is -2.01. The first-order valence-corrected chi connectivity index (χ1v) is 10.4. The van der Waals surface area contributed by atoms with Crippen LogP contribution in [0.15, 0.2) is 54.6 Å². The first-order chi connectivity index (χ1) is 12.3. The highest BCUT2D eigenvalue weighted by atomic mass is 14.0. The maximum absolute atomic E-state index is 2.26. The van der Waals surface area contributed by atoms with Crippen LogP contribution >= 0.6 is 0 Å². The zero-order valence-electron chi connectivity index (χ0n) is 16.8. The molecule has 0 fully saturated rings. The number of benzene rings is 2. The van der Waals surface area contributed by atoms with Crippen molar-refractivity contribution in [3.63, 3.8) is 0 Å². The van der Waals surface area contributed by atoms with Gasteiger partial charge in [0.05, 0.1) is 0 Å². The van der Waals surface area contributed by atoms with E-state index < -0.39 is 0 Å². The van der Waals surface area contributed by atoms with Gasteiger partial charge in [-0.05, 0) is 43.7 Å². The number of aryl methyl sites for hydroxylation is 3. The summed E-state index contributed by atoms with van der Waals surface area (Å²) in [5.74, 6) is 0. The first-order valence-electron chi connectivity index (χ1n) is 10.4. The third-order valence-corrected chi connectivity index (χ3v) is 4.60. The molecule has 0 bridgehead atoms. The van der Waals surface area contributed by atoms with Crippen molar-refractivity contribution in [1.82, 2.24) is 0 Å². The van der Waals surface area contributed by atoms with E-state index in [4.69, 9.17) is 0 Å². The highest BCUT2D eigenvalue weighted by molar-refractivity contribution is 5.21. The van der Waals surface area contributed by atoms with Gasteiger partial charge in [0, 0.05) is 0 Å². The van der Waals surface area contributed by atoms with Gasteiger partial charge in [0.15, 0.2) is 0 Å². The first kappa shape index (κ1) is 21.5. The summed E-state index contributed by atoms with van der Waals surface area (Å²) in [6.07, 6.45) is 13.4. The van der Waals surface area contributed by atoms with Crippen LogP contribution in [0, 0.1) is 6.92 Å². The average Bonchev–Trinajstić information content (AvgIpc) is 2.65. The van der Waals surface area contributed by atoms with Crippen molar-refractivity contribution in [2.24, 2.45) is 0 Å². The Morgan fingerprint density at radius 3 is 1.48 bits per heavy atom. The molecule has 0 unspecified atom stereocenters. The van der Waals surface area contributed by atoms with E-state index in [9.17, 15) is 0 Å². The fourth-order valence-corrected chi connectivity index (χ4v) is 2.91. The molecule has 0 nitrogen and oxygen atoms in total. The minimum absolute atomic E-state index is 1.25. The number of hydrogen-bond acceptors (Lipinski definition) is 0. The second-order valence-electron chi connectivity index (χ2n) is 7.09. The van der Waals surface area contributed by atoms with Crippen LogP contribution in [0.3, 0.4) is 0 Å². The molecule has 0 aliphatic carbocycles. The van der Waals surface area contributed by atoms with Crippen LogP contribution in [0.5, 0.6) is 0 Å². The van der Waals surface area contributed by atoms with Crippen molar-refractivity contribution in [1.29, 1.82) is 0 Å². The van der Waals surface area contributed by atoms with E-state index >= 15 is 0 Å². The van der Waals surface area contributed by atoms with E-state index in [1.807, 2.05) is 0 Å². The Morgan fingerprint density at radius 1 is 0.520 bits per heavy atom. The second-order valence-corrected chi connectivity index (χ2v) is 7.09. The summed E-state index contributed by atoms with van der Waals surface area (Å²) in [7, 11) is 0. The quantitative estimate of drug-likeness (QED) is 0.386. The van der Waals surface area contributed by atoms with Crippen molar-refractivity contribution in [2.45, 2.75) is 85.0 Å². The molecule has 0 aliphatic rings. The fourth-order valence-electron chi connectivity index (χ4n) is 2.91. The van der Waals surface area contributed by atoms with Gasteiger partial charge in [-0.15, -0.1) is 0 Å². The summed E-state index contributed by atoms with van der Waals surface area (Å²) < 4.78 is 0. The van der Waals surface area contributed by atoms with Crippen molar-refractivity contribution in [2.75, 3.05) is 0 Å². The number of unbranched alkanes of at least 4 members (excludes halogenated alkanes) is 6. The molecule has 2 aromatic rings. The van der Waals surface area contributed by atoms with Gasteiger partial charge in [-0.1, -0.05) is 113 Å². The molecule has 0 heteroatoms. The van der Waals surface area contributed by atoms with Crippen LogP contribution in [0.25, 0.3) is 0 Å². The summed E-state index contributed by atoms with van der Waals surface area (Å²) in [6, 6.07) is 19.7. The van der Waals surface area contributed by atoms with Crippen molar-refractivity contribution < 1.29 is 0 Å². The molecule has 25 heavy (non-hydrogen) atoms. The summed E-state index contributed by atoms with van der Waals surface area (Å²) in [5, 5.41) is 0. The molecular formula is C25H38. The van der Waals surface area contributed by atoms with E-state index in [-0.39, 0.29) is 0 Å². The van der Waals surface area contributed by atoms with Gasteiger partial charge in [0.2, 0.25) is 0 Å². The lowest BCUT2D eigenvalue weighted by Crippen LogP contribution is -1.85. The maximum Gasteiger partial charge on any atom is -0.0279 e. The Hall–Kier alpha value is -1.56. The van der Waals surface area contributed by atoms with Gasteiger partial charge in [0.25, 0.3) is 0 Å². The van der Waals surface area contributed by atoms with E-state index in [2.05, 4.69) is 75.4 Å². The zero-order chi connectivity index (χ0) is 18.2. The lowest BCUT2D eigenvalue weighted by molar-refractivity contribution is 0.667. The maximum atomic E-state index is 2.26. The Kier molecular flexibility index (Phi) is 12.7. The third kappa shape index (κ3) is 11.6. The smallest absolute Gasteiger partial charge is 0.0279 e. The van der Waals surface area contributed by atoms with Gasteiger partial charge in [-0.25, -0.2) is 0 Å². The van der Waals surface area contributed by atoms with Gasteiger partial charge in [-0.3, -0.25) is 0 Å². The normalized spacial score (nSPS) is 10.2. The van der Waals surface area contributed by atoms with Crippen molar-refractivity contribution in [3.05, 3.63) is 71.3 Å². The minimum Gasteiger partial charge on any atom is -0.0654 e. The van der Waals surface area contributed by atoms with Crippen LogP contribution in [0.1, 0.15) is 81.9 Å². The topological polar surface area (TPSA) is 0 Å². The minimum atomic E-state index is 1.25. The third-order valence-electron chi connectivity index (χ3n) is 4.60. The average molecular weight is 339 g/mol.